The van der Waals surface area contributed by atoms with E-state index in [1.807, 2.05) is 16.9 Å². The molecule has 1 heterocycles. The summed E-state index contributed by atoms with van der Waals surface area (Å²) in [6, 6.07) is 8.25. The highest BCUT2D eigenvalue weighted by Gasteiger charge is 2.00. The molecule has 0 saturated carbocycles. The Morgan fingerprint density at radius 3 is 3.00 bits per heavy atom. The summed E-state index contributed by atoms with van der Waals surface area (Å²) in [5.41, 5.74) is 2.59. The zero-order valence-electron chi connectivity index (χ0n) is 7.94. The molecule has 1 aromatic heterocycles. The summed E-state index contributed by atoms with van der Waals surface area (Å²) >= 11 is 3.47. The fourth-order valence-electron chi connectivity index (χ4n) is 1.38. The molecule has 3 heteroatoms. The average molecular weight is 251 g/mol. The summed E-state index contributed by atoms with van der Waals surface area (Å²) in [6.07, 6.45) is 3.77. The lowest BCUT2D eigenvalue weighted by molar-refractivity contribution is 0.684. The number of hydrogen-bond donors (Lipinski definition) is 0. The first kappa shape index (κ1) is 9.46. The maximum absolute atomic E-state index is 4.18. The van der Waals surface area contributed by atoms with Gasteiger partial charge in [0.1, 0.15) is 0 Å². The van der Waals surface area contributed by atoms with Gasteiger partial charge in [-0.3, -0.25) is 4.68 Å². The lowest BCUT2D eigenvalue weighted by Crippen LogP contribution is -2.01. The molecule has 2 rings (SSSR count). The first-order chi connectivity index (χ1) is 6.75. The predicted molar refractivity (Wildman–Crippen MR) is 60.2 cm³/mol. The van der Waals surface area contributed by atoms with Gasteiger partial charge in [0, 0.05) is 16.9 Å². The summed E-state index contributed by atoms with van der Waals surface area (Å²) in [6.45, 7) is 2.95. The molecule has 0 fully saturated rings. The summed E-state index contributed by atoms with van der Waals surface area (Å²) in [5, 5.41) is 4.18. The summed E-state index contributed by atoms with van der Waals surface area (Å²) < 4.78 is 3.04. The second-order valence-electron chi connectivity index (χ2n) is 3.27. The largest absolute Gasteiger partial charge is 0.268 e. The van der Waals surface area contributed by atoms with Gasteiger partial charge < -0.3 is 0 Å². The van der Waals surface area contributed by atoms with E-state index in [0.717, 1.165) is 11.0 Å². The highest BCUT2D eigenvalue weighted by atomic mass is 79.9. The van der Waals surface area contributed by atoms with Gasteiger partial charge >= 0.3 is 0 Å². The molecule has 14 heavy (non-hydrogen) atoms. The molecule has 2 aromatic rings. The summed E-state index contributed by atoms with van der Waals surface area (Å²) in [7, 11) is 0. The Labute approximate surface area is 91.7 Å². The molecule has 0 aliphatic rings. The number of rotatable bonds is 2. The third kappa shape index (κ3) is 2.04. The van der Waals surface area contributed by atoms with Crippen molar-refractivity contribution in [3.63, 3.8) is 0 Å². The molecule has 0 amide bonds. The Balaban J connectivity index is 2.28. The Bertz CT molecular complexity index is 421. The molecular formula is C11H11BrN2. The van der Waals surface area contributed by atoms with E-state index in [0.29, 0.717) is 0 Å². The van der Waals surface area contributed by atoms with Crippen molar-refractivity contribution in [2.45, 2.75) is 13.5 Å². The van der Waals surface area contributed by atoms with E-state index in [2.05, 4.69) is 46.2 Å². The van der Waals surface area contributed by atoms with Crippen LogP contribution in [0.4, 0.5) is 0 Å². The minimum Gasteiger partial charge on any atom is -0.268 e. The zero-order chi connectivity index (χ0) is 9.97. The summed E-state index contributed by atoms with van der Waals surface area (Å²) in [4.78, 5) is 0. The minimum atomic E-state index is 0.832. The van der Waals surface area contributed by atoms with Crippen molar-refractivity contribution in [3.8, 4) is 0 Å². The normalized spacial score (nSPS) is 10.4. The maximum Gasteiger partial charge on any atom is 0.0662 e. The molecule has 0 N–H and O–H groups in total. The number of halogens is 1. The van der Waals surface area contributed by atoms with Crippen LogP contribution in [0.25, 0.3) is 0 Å². The van der Waals surface area contributed by atoms with E-state index >= 15 is 0 Å². The highest BCUT2D eigenvalue weighted by molar-refractivity contribution is 9.10. The van der Waals surface area contributed by atoms with Crippen LogP contribution in [0.15, 0.2) is 41.1 Å². The van der Waals surface area contributed by atoms with Crippen LogP contribution in [0.5, 0.6) is 0 Å². The van der Waals surface area contributed by atoms with E-state index in [4.69, 9.17) is 0 Å². The van der Waals surface area contributed by atoms with Crippen LogP contribution >= 0.6 is 15.9 Å². The molecule has 0 aliphatic heterocycles. The van der Waals surface area contributed by atoms with E-state index in [1.165, 1.54) is 11.1 Å². The average Bonchev–Trinajstić information content (AvgIpc) is 2.64. The predicted octanol–water partition coefficient (Wildman–Crippen LogP) is 3.00. The molecule has 0 atom stereocenters. The fraction of sp³-hybridized carbons (Fsp3) is 0.182. The van der Waals surface area contributed by atoms with E-state index in [1.54, 1.807) is 6.20 Å². The Morgan fingerprint density at radius 2 is 2.29 bits per heavy atom. The monoisotopic (exact) mass is 250 g/mol. The fourth-order valence-corrected chi connectivity index (χ4v) is 1.79. The van der Waals surface area contributed by atoms with E-state index in [9.17, 15) is 0 Å². The van der Waals surface area contributed by atoms with E-state index in [-0.39, 0.29) is 0 Å². The van der Waals surface area contributed by atoms with Crippen LogP contribution in [-0.2, 0) is 6.54 Å². The van der Waals surface area contributed by atoms with Crippen molar-refractivity contribution in [1.82, 2.24) is 9.78 Å². The molecule has 0 aliphatic carbocycles. The van der Waals surface area contributed by atoms with Crippen molar-refractivity contribution < 1.29 is 0 Å². The summed E-state index contributed by atoms with van der Waals surface area (Å²) in [5.74, 6) is 0. The Hall–Kier alpha value is -1.09. The quantitative estimate of drug-likeness (QED) is 0.802. The van der Waals surface area contributed by atoms with Gasteiger partial charge in [-0.25, -0.2) is 0 Å². The van der Waals surface area contributed by atoms with Gasteiger partial charge in [0.25, 0.3) is 0 Å². The molecule has 72 valence electrons. The number of benzene rings is 1. The third-order valence-corrected chi connectivity index (χ3v) is 2.70. The van der Waals surface area contributed by atoms with Crippen LogP contribution in [-0.4, -0.2) is 9.78 Å². The van der Waals surface area contributed by atoms with Crippen molar-refractivity contribution in [2.75, 3.05) is 0 Å². The molecule has 0 saturated heterocycles. The van der Waals surface area contributed by atoms with E-state index < -0.39 is 0 Å². The Morgan fingerprint density at radius 1 is 1.43 bits per heavy atom. The molecule has 0 unspecified atom stereocenters. The van der Waals surface area contributed by atoms with Crippen LogP contribution in [0, 0.1) is 6.92 Å². The van der Waals surface area contributed by atoms with Crippen molar-refractivity contribution in [3.05, 3.63) is 52.3 Å². The zero-order valence-corrected chi connectivity index (χ0v) is 9.53. The van der Waals surface area contributed by atoms with Crippen LogP contribution in [0.3, 0.4) is 0 Å². The van der Waals surface area contributed by atoms with Gasteiger partial charge in [-0.15, -0.1) is 0 Å². The van der Waals surface area contributed by atoms with Crippen LogP contribution in [0.1, 0.15) is 11.1 Å². The molecule has 2 nitrogen and oxygen atoms in total. The molecule has 0 spiro atoms. The first-order valence-corrected chi connectivity index (χ1v) is 5.27. The van der Waals surface area contributed by atoms with Crippen molar-refractivity contribution in [2.24, 2.45) is 0 Å². The second kappa shape index (κ2) is 3.96. The lowest BCUT2D eigenvalue weighted by atomic mass is 10.1. The van der Waals surface area contributed by atoms with Gasteiger partial charge in [-0.1, -0.05) is 22.0 Å². The number of aromatic nitrogens is 2. The number of aryl methyl sites for hydroxylation is 1. The minimum absolute atomic E-state index is 0.832. The topological polar surface area (TPSA) is 17.8 Å². The van der Waals surface area contributed by atoms with Gasteiger partial charge in [-0.2, -0.15) is 5.10 Å². The highest BCUT2D eigenvalue weighted by Crippen LogP contribution is 2.16. The number of hydrogen-bond acceptors (Lipinski definition) is 1. The smallest absolute Gasteiger partial charge is 0.0662 e. The maximum atomic E-state index is 4.18. The third-order valence-electron chi connectivity index (χ3n) is 2.20. The molecule has 0 radical (unpaired) electrons. The molecule has 0 bridgehead atoms. The SMILES string of the molecule is Cc1ccc(Br)cc1Cn1cccn1. The van der Waals surface area contributed by atoms with Crippen LogP contribution in [0.2, 0.25) is 0 Å². The van der Waals surface area contributed by atoms with Gasteiger partial charge in [-0.05, 0) is 36.2 Å². The van der Waals surface area contributed by atoms with Crippen molar-refractivity contribution in [1.29, 1.82) is 0 Å². The van der Waals surface area contributed by atoms with Gasteiger partial charge in [0.15, 0.2) is 0 Å². The Kier molecular flexibility index (Phi) is 2.68. The number of nitrogens with zero attached hydrogens (tertiary/aromatic N) is 2. The molecule has 1 aromatic carbocycles. The molecular weight excluding hydrogens is 240 g/mol. The van der Waals surface area contributed by atoms with Crippen molar-refractivity contribution >= 4 is 15.9 Å². The standard InChI is InChI=1S/C11H11BrN2/c1-9-3-4-11(12)7-10(9)8-14-6-2-5-13-14/h2-7H,8H2,1H3. The van der Waals surface area contributed by atoms with Gasteiger partial charge in [0.05, 0.1) is 6.54 Å². The lowest BCUT2D eigenvalue weighted by Gasteiger charge is -2.06. The second-order valence-corrected chi connectivity index (χ2v) is 4.19. The van der Waals surface area contributed by atoms with Gasteiger partial charge in [0.2, 0.25) is 0 Å². The first-order valence-electron chi connectivity index (χ1n) is 4.48. The van der Waals surface area contributed by atoms with Crippen LogP contribution < -0.4 is 0 Å².